The average molecular weight is 367 g/mol. The van der Waals surface area contributed by atoms with Crippen LogP contribution in [0.3, 0.4) is 0 Å². The van der Waals surface area contributed by atoms with Gasteiger partial charge in [0.15, 0.2) is 0 Å². The van der Waals surface area contributed by atoms with Gasteiger partial charge in [-0.25, -0.2) is 0 Å². The van der Waals surface area contributed by atoms with E-state index < -0.39 is 0 Å². The molecule has 0 saturated carbocycles. The molecule has 0 spiro atoms. The first-order valence-electron chi connectivity index (χ1n) is 9.42. The van der Waals surface area contributed by atoms with Gasteiger partial charge in [0.1, 0.15) is 0 Å². The van der Waals surface area contributed by atoms with Crippen LogP contribution in [-0.2, 0) is 16.0 Å². The number of ether oxygens (including phenoxy) is 1. The second-order valence-electron chi connectivity index (χ2n) is 7.16. The number of carbonyl (C=O) groups excluding carboxylic acids is 1. The molecule has 2 saturated heterocycles. The number of piperidine rings is 1. The maximum atomic E-state index is 13.0. The summed E-state index contributed by atoms with van der Waals surface area (Å²) in [4.78, 5) is 15.0. The quantitative estimate of drug-likeness (QED) is 0.841. The fraction of sp³-hybridized carbons (Fsp3) is 0.650. The number of hydrogen-bond acceptors (Lipinski definition) is 3. The van der Waals surface area contributed by atoms with E-state index in [0.717, 1.165) is 58.3 Å². The lowest BCUT2D eigenvalue weighted by molar-refractivity contribution is -0.135. The molecule has 25 heavy (non-hydrogen) atoms. The SMILES string of the molecule is Cc1ccc(CCN(CC2CCCO2)C(=O)C2CCCCN2)cc1.Cl. The molecular weight excluding hydrogens is 336 g/mol. The lowest BCUT2D eigenvalue weighted by Gasteiger charge is -2.31. The third-order valence-electron chi connectivity index (χ3n) is 5.16. The Morgan fingerprint density at radius 1 is 1.20 bits per heavy atom. The zero-order chi connectivity index (χ0) is 16.8. The second-order valence-corrected chi connectivity index (χ2v) is 7.16. The number of aryl methyl sites for hydroxylation is 1. The van der Waals surface area contributed by atoms with Crippen molar-refractivity contribution in [1.29, 1.82) is 0 Å². The number of hydrogen-bond donors (Lipinski definition) is 1. The smallest absolute Gasteiger partial charge is 0.239 e. The van der Waals surface area contributed by atoms with Gasteiger partial charge in [0, 0.05) is 19.7 Å². The molecule has 2 unspecified atom stereocenters. The third kappa shape index (κ3) is 5.98. The lowest BCUT2D eigenvalue weighted by atomic mass is 10.0. The number of benzene rings is 1. The molecule has 2 aliphatic rings. The second kappa shape index (κ2) is 10.1. The van der Waals surface area contributed by atoms with Crippen LogP contribution in [0.1, 0.15) is 43.2 Å². The molecule has 2 heterocycles. The van der Waals surface area contributed by atoms with E-state index in [1.165, 1.54) is 17.5 Å². The van der Waals surface area contributed by atoms with Crippen LogP contribution >= 0.6 is 12.4 Å². The maximum Gasteiger partial charge on any atom is 0.239 e. The highest BCUT2D eigenvalue weighted by molar-refractivity contribution is 5.85. The van der Waals surface area contributed by atoms with Crippen LogP contribution in [0.4, 0.5) is 0 Å². The Hall–Kier alpha value is -1.10. The van der Waals surface area contributed by atoms with Crippen LogP contribution < -0.4 is 5.32 Å². The molecule has 2 aliphatic heterocycles. The minimum atomic E-state index is -0.00169. The summed E-state index contributed by atoms with van der Waals surface area (Å²) in [5.74, 6) is 0.261. The number of amides is 1. The van der Waals surface area contributed by atoms with E-state index in [1.807, 2.05) is 4.90 Å². The first-order chi connectivity index (χ1) is 11.7. The van der Waals surface area contributed by atoms with Gasteiger partial charge in [-0.3, -0.25) is 4.79 Å². The van der Waals surface area contributed by atoms with Crippen LogP contribution in [0.25, 0.3) is 0 Å². The topological polar surface area (TPSA) is 41.6 Å². The van der Waals surface area contributed by atoms with Gasteiger partial charge in [-0.05, 0) is 51.1 Å². The molecule has 1 aromatic rings. The van der Waals surface area contributed by atoms with Gasteiger partial charge in [0.05, 0.1) is 12.1 Å². The minimum Gasteiger partial charge on any atom is -0.376 e. The summed E-state index contributed by atoms with van der Waals surface area (Å²) in [6, 6.07) is 8.62. The Balaban J connectivity index is 0.00000225. The fourth-order valence-electron chi connectivity index (χ4n) is 3.63. The molecule has 4 nitrogen and oxygen atoms in total. The normalized spacial score (nSPS) is 23.1. The van der Waals surface area contributed by atoms with E-state index in [4.69, 9.17) is 4.74 Å². The van der Waals surface area contributed by atoms with E-state index in [1.54, 1.807) is 0 Å². The van der Waals surface area contributed by atoms with Crippen LogP contribution in [-0.4, -0.2) is 49.2 Å². The Morgan fingerprint density at radius 3 is 2.64 bits per heavy atom. The molecule has 0 aromatic heterocycles. The highest BCUT2D eigenvalue weighted by Gasteiger charge is 2.28. The molecule has 3 rings (SSSR count). The summed E-state index contributed by atoms with van der Waals surface area (Å²) in [5.41, 5.74) is 2.57. The molecule has 0 aliphatic carbocycles. The highest BCUT2D eigenvalue weighted by atomic mass is 35.5. The van der Waals surface area contributed by atoms with Gasteiger partial charge in [-0.15, -0.1) is 12.4 Å². The molecule has 0 bridgehead atoms. The number of halogens is 1. The van der Waals surface area contributed by atoms with Gasteiger partial charge >= 0.3 is 0 Å². The molecule has 140 valence electrons. The summed E-state index contributed by atoms with van der Waals surface area (Å²) in [6.07, 6.45) is 6.61. The fourth-order valence-corrected chi connectivity index (χ4v) is 3.63. The molecule has 0 radical (unpaired) electrons. The Kier molecular flexibility index (Phi) is 8.20. The van der Waals surface area contributed by atoms with Crippen molar-refractivity contribution in [1.82, 2.24) is 10.2 Å². The number of nitrogens with zero attached hydrogens (tertiary/aromatic N) is 1. The van der Waals surface area contributed by atoms with E-state index in [-0.39, 0.29) is 30.5 Å². The van der Waals surface area contributed by atoms with Gasteiger partial charge in [0.25, 0.3) is 0 Å². The van der Waals surface area contributed by atoms with E-state index >= 15 is 0 Å². The predicted molar refractivity (Wildman–Crippen MR) is 103 cm³/mol. The summed E-state index contributed by atoms with van der Waals surface area (Å²) in [7, 11) is 0. The van der Waals surface area contributed by atoms with Crippen LogP contribution in [0.5, 0.6) is 0 Å². The van der Waals surface area contributed by atoms with Gasteiger partial charge in [-0.1, -0.05) is 36.2 Å². The first kappa shape index (κ1) is 20.2. The average Bonchev–Trinajstić information content (AvgIpc) is 3.13. The summed E-state index contributed by atoms with van der Waals surface area (Å²) >= 11 is 0. The number of rotatable bonds is 6. The maximum absolute atomic E-state index is 13.0. The van der Waals surface area contributed by atoms with E-state index in [2.05, 4.69) is 36.5 Å². The number of carbonyl (C=O) groups is 1. The lowest BCUT2D eigenvalue weighted by Crippen LogP contribution is -2.50. The largest absolute Gasteiger partial charge is 0.376 e. The minimum absolute atomic E-state index is 0. The van der Waals surface area contributed by atoms with Crippen molar-refractivity contribution in [3.63, 3.8) is 0 Å². The van der Waals surface area contributed by atoms with Crippen molar-refractivity contribution < 1.29 is 9.53 Å². The molecule has 5 heteroatoms. The van der Waals surface area contributed by atoms with Gasteiger partial charge in [-0.2, -0.15) is 0 Å². The van der Waals surface area contributed by atoms with Gasteiger partial charge in [0.2, 0.25) is 5.91 Å². The van der Waals surface area contributed by atoms with Crippen LogP contribution in [0.2, 0.25) is 0 Å². The molecular formula is C20H31ClN2O2. The summed E-state index contributed by atoms with van der Waals surface area (Å²) < 4.78 is 5.77. The van der Waals surface area contributed by atoms with Crippen molar-refractivity contribution in [3.05, 3.63) is 35.4 Å². The molecule has 1 aromatic carbocycles. The summed E-state index contributed by atoms with van der Waals surface area (Å²) in [5, 5.41) is 3.40. The van der Waals surface area contributed by atoms with E-state index in [0.29, 0.717) is 0 Å². The Labute approximate surface area is 157 Å². The zero-order valence-corrected chi connectivity index (χ0v) is 16.0. The van der Waals surface area contributed by atoms with Crippen molar-refractivity contribution in [2.45, 2.75) is 57.6 Å². The molecule has 1 amide bonds. The standard InChI is InChI=1S/C20H30N2O2.ClH/c1-16-7-9-17(10-8-16)11-13-22(15-18-5-4-14-24-18)20(23)19-6-2-3-12-21-19;/h7-10,18-19,21H,2-6,11-15H2,1H3;1H. The first-order valence-corrected chi connectivity index (χ1v) is 9.42. The third-order valence-corrected chi connectivity index (χ3v) is 5.16. The monoisotopic (exact) mass is 366 g/mol. The van der Waals surface area contributed by atoms with Crippen molar-refractivity contribution in [2.75, 3.05) is 26.2 Å². The predicted octanol–water partition coefficient (Wildman–Crippen LogP) is 3.11. The van der Waals surface area contributed by atoms with Crippen LogP contribution in [0.15, 0.2) is 24.3 Å². The Morgan fingerprint density at radius 2 is 2.00 bits per heavy atom. The van der Waals surface area contributed by atoms with Crippen molar-refractivity contribution in [2.24, 2.45) is 0 Å². The molecule has 2 atom stereocenters. The molecule has 1 N–H and O–H groups in total. The zero-order valence-electron chi connectivity index (χ0n) is 15.2. The van der Waals surface area contributed by atoms with Crippen molar-refractivity contribution in [3.8, 4) is 0 Å². The van der Waals surface area contributed by atoms with E-state index in [9.17, 15) is 4.79 Å². The van der Waals surface area contributed by atoms with Crippen LogP contribution in [0, 0.1) is 6.92 Å². The highest BCUT2D eigenvalue weighted by Crippen LogP contribution is 2.17. The number of nitrogens with one attached hydrogen (secondary N) is 1. The summed E-state index contributed by atoms with van der Waals surface area (Å²) in [6.45, 7) is 5.42. The van der Waals surface area contributed by atoms with Gasteiger partial charge < -0.3 is 15.0 Å². The van der Waals surface area contributed by atoms with Crippen molar-refractivity contribution >= 4 is 18.3 Å². The molecule has 2 fully saturated rings. The Bertz CT molecular complexity index is 523.